The summed E-state index contributed by atoms with van der Waals surface area (Å²) >= 11 is 4.05. The van der Waals surface area contributed by atoms with E-state index in [-0.39, 0.29) is 29.5 Å². The van der Waals surface area contributed by atoms with Gasteiger partial charge < -0.3 is 10.0 Å². The molecule has 126 valence electrons. The molecule has 2 rings (SSSR count). The molecule has 1 aliphatic rings. The average molecular weight is 357 g/mol. The van der Waals surface area contributed by atoms with Crippen LogP contribution < -0.4 is 0 Å². The number of rotatable bonds is 5. The Bertz CT molecular complexity index is 689. The van der Waals surface area contributed by atoms with E-state index in [0.29, 0.717) is 0 Å². The zero-order chi connectivity index (χ0) is 17.2. The second-order valence-corrected chi connectivity index (χ2v) is 8.24. The number of nitrogens with zero attached hydrogens (tertiary/aromatic N) is 1. The maximum absolute atomic E-state index is 12.7. The third-order valence-corrected chi connectivity index (χ3v) is 6.73. The lowest BCUT2D eigenvalue weighted by Crippen LogP contribution is -2.43. The van der Waals surface area contributed by atoms with Crippen molar-refractivity contribution in [2.75, 3.05) is 12.3 Å². The van der Waals surface area contributed by atoms with Crippen LogP contribution in [0.4, 0.5) is 0 Å². The van der Waals surface area contributed by atoms with Gasteiger partial charge in [0.15, 0.2) is 9.84 Å². The Balaban J connectivity index is 2.30. The molecule has 3 atom stereocenters. The highest BCUT2D eigenvalue weighted by molar-refractivity contribution is 7.92. The molecular formula is C15H19NO5S2. The average Bonchev–Trinajstić information content (AvgIpc) is 3.00. The predicted molar refractivity (Wildman–Crippen MR) is 88.2 cm³/mol. The van der Waals surface area contributed by atoms with Crippen LogP contribution >= 0.6 is 12.6 Å². The van der Waals surface area contributed by atoms with E-state index in [1.54, 1.807) is 25.1 Å². The number of thiol groups is 1. The first-order valence-electron chi connectivity index (χ1n) is 7.22. The minimum Gasteiger partial charge on any atom is -0.480 e. The summed E-state index contributed by atoms with van der Waals surface area (Å²) in [7, 11) is -3.68. The van der Waals surface area contributed by atoms with E-state index in [1.807, 2.05) is 0 Å². The van der Waals surface area contributed by atoms with Crippen LogP contribution in [0.3, 0.4) is 0 Å². The van der Waals surface area contributed by atoms with Crippen LogP contribution in [0.15, 0.2) is 35.2 Å². The van der Waals surface area contributed by atoms with Gasteiger partial charge in [-0.15, -0.1) is 0 Å². The Kier molecular flexibility index (Phi) is 5.36. The lowest BCUT2D eigenvalue weighted by molar-refractivity contribution is -0.149. The first kappa shape index (κ1) is 17.8. The number of carboxylic acid groups (broad SMARTS) is 1. The fourth-order valence-electron chi connectivity index (χ4n) is 2.66. The van der Waals surface area contributed by atoms with Crippen molar-refractivity contribution in [3.8, 4) is 0 Å². The molecule has 0 bridgehead atoms. The molecule has 1 aromatic rings. The maximum atomic E-state index is 12.7. The second kappa shape index (κ2) is 6.92. The van der Waals surface area contributed by atoms with Gasteiger partial charge in [-0.1, -0.05) is 25.1 Å². The molecule has 6 nitrogen and oxygen atoms in total. The Morgan fingerprint density at radius 1 is 1.35 bits per heavy atom. The van der Waals surface area contributed by atoms with Crippen LogP contribution in [-0.2, 0) is 19.4 Å². The molecule has 8 heteroatoms. The zero-order valence-corrected chi connectivity index (χ0v) is 14.3. The molecule has 1 heterocycles. The van der Waals surface area contributed by atoms with Gasteiger partial charge in [0.25, 0.3) is 0 Å². The van der Waals surface area contributed by atoms with Gasteiger partial charge >= 0.3 is 5.97 Å². The normalized spacial score (nSPS) is 22.8. The molecular weight excluding hydrogens is 338 g/mol. The van der Waals surface area contributed by atoms with Gasteiger partial charge in [0, 0.05) is 18.2 Å². The summed E-state index contributed by atoms with van der Waals surface area (Å²) in [6.45, 7) is 1.54. The quantitative estimate of drug-likeness (QED) is 0.770. The minimum absolute atomic E-state index is 0.0996. The van der Waals surface area contributed by atoms with E-state index in [4.69, 9.17) is 0 Å². The highest BCUT2D eigenvalue weighted by atomic mass is 32.2. The minimum atomic E-state index is -3.68. The number of benzene rings is 1. The molecule has 0 saturated carbocycles. The molecule has 1 fully saturated rings. The van der Waals surface area contributed by atoms with Crippen molar-refractivity contribution in [1.29, 1.82) is 0 Å². The molecule has 1 saturated heterocycles. The van der Waals surface area contributed by atoms with Crippen molar-refractivity contribution in [3.63, 3.8) is 0 Å². The first-order chi connectivity index (χ1) is 10.8. The van der Waals surface area contributed by atoms with Crippen molar-refractivity contribution in [2.24, 2.45) is 5.92 Å². The van der Waals surface area contributed by atoms with Crippen LogP contribution in [-0.4, -0.2) is 53.9 Å². The highest BCUT2D eigenvalue weighted by Crippen LogP contribution is 2.29. The highest BCUT2D eigenvalue weighted by Gasteiger charge is 2.45. The lowest BCUT2D eigenvalue weighted by Gasteiger charge is -2.24. The molecule has 0 aliphatic carbocycles. The van der Waals surface area contributed by atoms with E-state index >= 15 is 0 Å². The smallest absolute Gasteiger partial charge is 0.326 e. The number of carboxylic acids is 1. The number of amides is 1. The summed E-state index contributed by atoms with van der Waals surface area (Å²) in [5.41, 5.74) is 0. The van der Waals surface area contributed by atoms with Crippen molar-refractivity contribution >= 4 is 34.3 Å². The van der Waals surface area contributed by atoms with E-state index in [9.17, 15) is 23.1 Å². The Hall–Kier alpha value is -1.54. The summed E-state index contributed by atoms with van der Waals surface area (Å²) in [5.74, 6) is -1.75. The summed E-state index contributed by atoms with van der Waals surface area (Å²) in [5, 5.41) is 8.42. The van der Waals surface area contributed by atoms with Crippen LogP contribution in [0.1, 0.15) is 13.3 Å². The van der Waals surface area contributed by atoms with Gasteiger partial charge in [0.2, 0.25) is 5.91 Å². The third kappa shape index (κ3) is 3.53. The van der Waals surface area contributed by atoms with Crippen molar-refractivity contribution in [3.05, 3.63) is 30.3 Å². The summed E-state index contributed by atoms with van der Waals surface area (Å²) in [6.07, 6.45) is -0.0996. The SMILES string of the molecule is C[C@H](CS)C(=O)N1C[C@@H](S(=O)(=O)c2ccccc2)C[C@H]1C(=O)O. The van der Waals surface area contributed by atoms with Crippen molar-refractivity contribution in [2.45, 2.75) is 29.5 Å². The van der Waals surface area contributed by atoms with Gasteiger partial charge in [0.1, 0.15) is 6.04 Å². The number of hydrogen-bond acceptors (Lipinski definition) is 5. The molecule has 0 aromatic heterocycles. The van der Waals surface area contributed by atoms with Gasteiger partial charge in [-0.25, -0.2) is 13.2 Å². The predicted octanol–water partition coefficient (Wildman–Crippen LogP) is 1.08. The summed E-state index contributed by atoms with van der Waals surface area (Å²) < 4.78 is 25.3. The van der Waals surface area contributed by atoms with Crippen molar-refractivity contribution < 1.29 is 23.1 Å². The Labute approximate surface area is 140 Å². The number of aliphatic carboxylic acids is 1. The third-order valence-electron chi connectivity index (χ3n) is 4.04. The fraction of sp³-hybridized carbons (Fsp3) is 0.467. The molecule has 0 unspecified atom stereocenters. The number of carbonyl (C=O) groups excluding carboxylic acids is 1. The molecule has 0 spiro atoms. The standard InChI is InChI=1S/C15H19NO5S2/c1-10(9-22)14(17)16-8-12(7-13(16)15(18)19)23(20,21)11-5-3-2-4-6-11/h2-6,10,12-13,22H,7-9H2,1H3,(H,18,19)/t10-,12+,13+/m1/s1. The van der Waals surface area contributed by atoms with Crippen LogP contribution in [0, 0.1) is 5.92 Å². The molecule has 1 aromatic carbocycles. The second-order valence-electron chi connectivity index (χ2n) is 5.64. The van der Waals surface area contributed by atoms with Gasteiger partial charge in [-0.05, 0) is 18.6 Å². The van der Waals surface area contributed by atoms with E-state index < -0.39 is 33.0 Å². The van der Waals surface area contributed by atoms with E-state index in [2.05, 4.69) is 12.6 Å². The van der Waals surface area contributed by atoms with Crippen LogP contribution in [0.25, 0.3) is 0 Å². The van der Waals surface area contributed by atoms with E-state index in [0.717, 1.165) is 4.90 Å². The van der Waals surface area contributed by atoms with Crippen LogP contribution in [0.2, 0.25) is 0 Å². The molecule has 1 N–H and O–H groups in total. The number of likely N-dealkylation sites (tertiary alicyclic amines) is 1. The number of carbonyl (C=O) groups is 2. The van der Waals surface area contributed by atoms with Gasteiger partial charge in [0.05, 0.1) is 10.1 Å². The Morgan fingerprint density at radius 3 is 2.48 bits per heavy atom. The van der Waals surface area contributed by atoms with Gasteiger partial charge in [-0.3, -0.25) is 4.79 Å². The molecule has 1 amide bonds. The maximum Gasteiger partial charge on any atom is 0.326 e. The molecule has 1 aliphatic heterocycles. The van der Waals surface area contributed by atoms with Crippen LogP contribution in [0.5, 0.6) is 0 Å². The zero-order valence-electron chi connectivity index (χ0n) is 12.6. The fourth-order valence-corrected chi connectivity index (χ4v) is 4.53. The van der Waals surface area contributed by atoms with Crippen molar-refractivity contribution in [1.82, 2.24) is 4.90 Å². The molecule has 0 radical (unpaired) electrons. The summed E-state index contributed by atoms with van der Waals surface area (Å²) in [6, 6.07) is 6.77. The monoisotopic (exact) mass is 357 g/mol. The summed E-state index contributed by atoms with van der Waals surface area (Å²) in [4.78, 5) is 25.1. The number of hydrogen-bond donors (Lipinski definition) is 2. The first-order valence-corrected chi connectivity index (χ1v) is 9.40. The molecule has 23 heavy (non-hydrogen) atoms. The lowest BCUT2D eigenvalue weighted by atomic mass is 10.1. The van der Waals surface area contributed by atoms with E-state index in [1.165, 1.54) is 12.1 Å². The Morgan fingerprint density at radius 2 is 1.96 bits per heavy atom. The van der Waals surface area contributed by atoms with Gasteiger partial charge in [-0.2, -0.15) is 12.6 Å². The largest absolute Gasteiger partial charge is 0.480 e. The number of sulfone groups is 1. The topological polar surface area (TPSA) is 91.8 Å².